The van der Waals surface area contributed by atoms with Gasteiger partial charge in [-0.15, -0.1) is 0 Å². The van der Waals surface area contributed by atoms with E-state index in [2.05, 4.69) is 9.47 Å². The standard InChI is InChI=1S/C18H27NO14/c1-30-15(24)7-10(18(29)31-2)19(3-5-32-11(16(25)26)8-13(20)21)4-6-33-12(17(27)28)9-14(22)23/h10-12H,3-9H2,1-2H3,(H,20,21)(H,22,23)(H,25,26)(H,27,28)/t10-,11+,12+/m1/s1. The maximum absolute atomic E-state index is 12.2. The summed E-state index contributed by atoms with van der Waals surface area (Å²) in [6.07, 6.45) is -5.49. The van der Waals surface area contributed by atoms with Crippen LogP contribution in [-0.2, 0) is 47.7 Å². The van der Waals surface area contributed by atoms with Gasteiger partial charge in [0.25, 0.3) is 0 Å². The highest BCUT2D eigenvalue weighted by molar-refractivity contribution is 5.82. The first kappa shape index (κ1) is 29.7. The Kier molecular flexibility index (Phi) is 13.9. The Hall–Kier alpha value is -3.30. The Labute approximate surface area is 187 Å². The van der Waals surface area contributed by atoms with Gasteiger partial charge >= 0.3 is 35.8 Å². The summed E-state index contributed by atoms with van der Waals surface area (Å²) in [5.74, 6) is -7.54. The number of nitrogens with zero attached hydrogens (tertiary/aromatic N) is 1. The third-order valence-electron chi connectivity index (χ3n) is 4.17. The average Bonchev–Trinajstić information content (AvgIpc) is 2.73. The van der Waals surface area contributed by atoms with Crippen molar-refractivity contribution in [3.8, 4) is 0 Å². The lowest BCUT2D eigenvalue weighted by Crippen LogP contribution is -2.47. The summed E-state index contributed by atoms with van der Waals surface area (Å²) in [6.45, 7) is -1.23. The van der Waals surface area contributed by atoms with Gasteiger partial charge in [0, 0.05) is 13.1 Å². The highest BCUT2D eigenvalue weighted by atomic mass is 16.5. The average molecular weight is 481 g/mol. The van der Waals surface area contributed by atoms with Gasteiger partial charge in [0.15, 0.2) is 12.2 Å². The van der Waals surface area contributed by atoms with Gasteiger partial charge < -0.3 is 39.4 Å². The largest absolute Gasteiger partial charge is 0.481 e. The molecule has 0 saturated heterocycles. The van der Waals surface area contributed by atoms with E-state index in [-0.39, 0.29) is 13.1 Å². The molecular formula is C18H27NO14. The van der Waals surface area contributed by atoms with Crippen molar-refractivity contribution in [2.24, 2.45) is 0 Å². The molecule has 0 aliphatic carbocycles. The van der Waals surface area contributed by atoms with Crippen LogP contribution < -0.4 is 0 Å². The molecule has 0 spiro atoms. The number of ether oxygens (including phenoxy) is 4. The van der Waals surface area contributed by atoms with Crippen LogP contribution in [0.2, 0.25) is 0 Å². The number of methoxy groups -OCH3 is 2. The smallest absolute Gasteiger partial charge is 0.333 e. The second kappa shape index (κ2) is 15.5. The molecule has 33 heavy (non-hydrogen) atoms. The van der Waals surface area contributed by atoms with Gasteiger partial charge in [-0.1, -0.05) is 0 Å². The fraction of sp³-hybridized carbons (Fsp3) is 0.667. The minimum absolute atomic E-state index is 0.222. The molecule has 4 N–H and O–H groups in total. The SMILES string of the molecule is COC(=O)C[C@H](C(=O)OC)N(CCO[C@@H](CC(=O)O)C(=O)O)CCO[C@@H](CC(=O)O)C(=O)O. The fourth-order valence-corrected chi connectivity index (χ4v) is 2.54. The first-order valence-corrected chi connectivity index (χ1v) is 9.43. The van der Waals surface area contributed by atoms with E-state index in [1.807, 2.05) is 0 Å². The van der Waals surface area contributed by atoms with E-state index in [1.54, 1.807) is 0 Å². The number of carbonyl (C=O) groups excluding carboxylic acids is 2. The molecular weight excluding hydrogens is 454 g/mol. The monoisotopic (exact) mass is 481 g/mol. The number of rotatable bonds is 18. The summed E-state index contributed by atoms with van der Waals surface area (Å²) in [6, 6.07) is -1.26. The molecule has 188 valence electrons. The molecule has 0 aliphatic rings. The highest BCUT2D eigenvalue weighted by Crippen LogP contribution is 2.10. The van der Waals surface area contributed by atoms with Gasteiger partial charge in [-0.3, -0.25) is 24.1 Å². The molecule has 0 bridgehead atoms. The molecule has 3 atom stereocenters. The van der Waals surface area contributed by atoms with Crippen molar-refractivity contribution in [1.82, 2.24) is 4.90 Å². The quantitative estimate of drug-likeness (QED) is 0.160. The molecule has 0 aromatic heterocycles. The van der Waals surface area contributed by atoms with Crippen LogP contribution in [0.4, 0.5) is 0 Å². The molecule has 0 unspecified atom stereocenters. The van der Waals surface area contributed by atoms with Crippen LogP contribution in [0.1, 0.15) is 19.3 Å². The Morgan fingerprint density at radius 3 is 1.42 bits per heavy atom. The molecule has 0 aliphatic heterocycles. The van der Waals surface area contributed by atoms with Gasteiger partial charge in [0.1, 0.15) is 6.04 Å². The first-order valence-electron chi connectivity index (χ1n) is 9.43. The molecule has 0 amide bonds. The zero-order valence-corrected chi connectivity index (χ0v) is 18.0. The van der Waals surface area contributed by atoms with E-state index in [0.29, 0.717) is 0 Å². The minimum Gasteiger partial charge on any atom is -0.481 e. The van der Waals surface area contributed by atoms with Crippen LogP contribution >= 0.6 is 0 Å². The predicted octanol–water partition coefficient (Wildman–Crippen LogP) is -1.72. The summed E-state index contributed by atoms with van der Waals surface area (Å²) in [7, 11) is 2.14. The number of aliphatic carboxylic acids is 4. The van der Waals surface area contributed by atoms with Crippen LogP contribution in [0.3, 0.4) is 0 Å². The normalized spacial score (nSPS) is 13.5. The Morgan fingerprint density at radius 1 is 0.697 bits per heavy atom. The number of carbonyl (C=O) groups is 6. The van der Waals surface area contributed by atoms with Crippen molar-refractivity contribution in [2.75, 3.05) is 40.5 Å². The van der Waals surface area contributed by atoms with E-state index >= 15 is 0 Å². The molecule has 0 radical (unpaired) electrons. The highest BCUT2D eigenvalue weighted by Gasteiger charge is 2.31. The Morgan fingerprint density at radius 2 is 1.12 bits per heavy atom. The second-order valence-corrected chi connectivity index (χ2v) is 6.45. The van der Waals surface area contributed by atoms with Crippen LogP contribution in [0.15, 0.2) is 0 Å². The lowest BCUT2D eigenvalue weighted by atomic mass is 10.1. The number of esters is 2. The van der Waals surface area contributed by atoms with Gasteiger partial charge in [-0.2, -0.15) is 0 Å². The molecule has 15 nitrogen and oxygen atoms in total. The van der Waals surface area contributed by atoms with E-state index < -0.39 is 86.5 Å². The predicted molar refractivity (Wildman–Crippen MR) is 103 cm³/mol. The van der Waals surface area contributed by atoms with E-state index in [4.69, 9.17) is 29.9 Å². The molecule has 15 heteroatoms. The van der Waals surface area contributed by atoms with Crippen LogP contribution in [0.25, 0.3) is 0 Å². The number of hydrogen-bond acceptors (Lipinski definition) is 11. The fourth-order valence-electron chi connectivity index (χ4n) is 2.54. The third kappa shape index (κ3) is 12.4. The molecule has 0 heterocycles. The number of hydrogen-bond donors (Lipinski definition) is 4. The third-order valence-corrected chi connectivity index (χ3v) is 4.17. The Balaban J connectivity index is 5.41. The van der Waals surface area contributed by atoms with Crippen molar-refractivity contribution < 1.29 is 68.1 Å². The molecule has 0 rings (SSSR count). The maximum atomic E-state index is 12.2. The summed E-state index contributed by atoms with van der Waals surface area (Å²) in [5.41, 5.74) is 0. The lowest BCUT2D eigenvalue weighted by Gasteiger charge is -2.29. The summed E-state index contributed by atoms with van der Waals surface area (Å²) in [4.78, 5) is 69.0. The Bertz CT molecular complexity index is 668. The van der Waals surface area contributed by atoms with Crippen LogP contribution in [0, 0.1) is 0 Å². The van der Waals surface area contributed by atoms with Crippen molar-refractivity contribution in [1.29, 1.82) is 0 Å². The maximum Gasteiger partial charge on any atom is 0.333 e. The van der Waals surface area contributed by atoms with Crippen molar-refractivity contribution in [3.05, 3.63) is 0 Å². The van der Waals surface area contributed by atoms with E-state index in [1.165, 1.54) is 4.90 Å². The van der Waals surface area contributed by atoms with E-state index in [9.17, 15) is 28.8 Å². The zero-order chi connectivity index (χ0) is 25.6. The van der Waals surface area contributed by atoms with Crippen molar-refractivity contribution in [3.63, 3.8) is 0 Å². The second-order valence-electron chi connectivity index (χ2n) is 6.45. The minimum atomic E-state index is -1.68. The molecule has 0 aromatic rings. The zero-order valence-electron chi connectivity index (χ0n) is 18.0. The van der Waals surface area contributed by atoms with Gasteiger partial charge in [-0.05, 0) is 0 Å². The molecule has 0 aromatic carbocycles. The molecule has 0 fully saturated rings. The number of carboxylic acid groups (broad SMARTS) is 4. The number of carboxylic acids is 4. The summed E-state index contributed by atoms with van der Waals surface area (Å²) in [5, 5.41) is 35.6. The summed E-state index contributed by atoms with van der Waals surface area (Å²) < 4.78 is 19.3. The first-order chi connectivity index (χ1) is 15.4. The van der Waals surface area contributed by atoms with Gasteiger partial charge in [0.05, 0.1) is 46.7 Å². The van der Waals surface area contributed by atoms with Crippen molar-refractivity contribution in [2.45, 2.75) is 37.5 Å². The van der Waals surface area contributed by atoms with Gasteiger partial charge in [-0.25, -0.2) is 9.59 Å². The van der Waals surface area contributed by atoms with Crippen molar-refractivity contribution >= 4 is 35.8 Å². The van der Waals surface area contributed by atoms with Gasteiger partial charge in [0.2, 0.25) is 0 Å². The van der Waals surface area contributed by atoms with E-state index in [0.717, 1.165) is 14.2 Å². The lowest BCUT2D eigenvalue weighted by molar-refractivity contribution is -0.160. The molecule has 0 saturated carbocycles. The van der Waals surface area contributed by atoms with Crippen LogP contribution in [0.5, 0.6) is 0 Å². The topological polar surface area (TPSA) is 223 Å². The van der Waals surface area contributed by atoms with Crippen LogP contribution in [-0.4, -0.2) is 120 Å². The summed E-state index contributed by atoms with van der Waals surface area (Å²) >= 11 is 0.